The normalized spacial score (nSPS) is 22.2. The molecule has 1 unspecified atom stereocenters. The Morgan fingerprint density at radius 2 is 1.51 bits per heavy atom. The summed E-state index contributed by atoms with van der Waals surface area (Å²) >= 11 is 0. The van der Waals surface area contributed by atoms with Gasteiger partial charge in [0.25, 0.3) is 11.8 Å². The predicted octanol–water partition coefficient (Wildman–Crippen LogP) is 4.30. The average Bonchev–Trinajstić information content (AvgIpc) is 3.27. The number of imide groups is 2. The van der Waals surface area contributed by atoms with Crippen LogP contribution in [0.3, 0.4) is 0 Å². The van der Waals surface area contributed by atoms with Crippen molar-refractivity contribution in [3.63, 3.8) is 0 Å². The molecule has 2 aromatic carbocycles. The molecule has 238 valence electrons. The average molecular weight is 625 g/mol. The SMILES string of the molecule is O=C1CCC(N2C(=O)c3cccc(-c4ccc(CN5CCC6(CC5)CCN(C(=O)CCC(F)(F)F)CC6)cc4)c3C2=O)C(=O)N1. The van der Waals surface area contributed by atoms with Crippen LogP contribution >= 0.6 is 0 Å². The number of halogens is 3. The fourth-order valence-corrected chi connectivity index (χ4v) is 7.13. The van der Waals surface area contributed by atoms with Gasteiger partial charge in [0, 0.05) is 32.5 Å². The lowest BCUT2D eigenvalue weighted by atomic mass is 9.71. The maximum Gasteiger partial charge on any atom is 0.389 e. The molecule has 45 heavy (non-hydrogen) atoms. The molecule has 0 bridgehead atoms. The van der Waals surface area contributed by atoms with Crippen LogP contribution in [-0.2, 0) is 20.9 Å². The molecule has 9 nitrogen and oxygen atoms in total. The van der Waals surface area contributed by atoms with Gasteiger partial charge in [-0.1, -0.05) is 36.4 Å². The Morgan fingerprint density at radius 3 is 2.16 bits per heavy atom. The molecule has 5 amide bonds. The molecule has 4 heterocycles. The van der Waals surface area contributed by atoms with E-state index < -0.39 is 54.6 Å². The summed E-state index contributed by atoms with van der Waals surface area (Å²) in [6.07, 6.45) is -2.12. The van der Waals surface area contributed by atoms with E-state index in [1.165, 1.54) is 0 Å². The number of carbonyl (C=O) groups excluding carboxylic acids is 5. The summed E-state index contributed by atoms with van der Waals surface area (Å²) in [5.41, 5.74) is 3.10. The van der Waals surface area contributed by atoms with Crippen LogP contribution < -0.4 is 5.32 Å². The number of rotatable bonds is 6. The van der Waals surface area contributed by atoms with E-state index in [9.17, 15) is 37.1 Å². The Hall–Kier alpha value is -4.06. The third-order valence-corrected chi connectivity index (χ3v) is 9.86. The fraction of sp³-hybridized carbons (Fsp3) is 0.485. The van der Waals surface area contributed by atoms with Gasteiger partial charge in [0.2, 0.25) is 17.7 Å². The van der Waals surface area contributed by atoms with Crippen molar-refractivity contribution in [2.45, 2.75) is 70.1 Å². The zero-order valence-corrected chi connectivity index (χ0v) is 24.8. The number of nitrogens with zero attached hydrogens (tertiary/aromatic N) is 3. The zero-order chi connectivity index (χ0) is 31.9. The van der Waals surface area contributed by atoms with E-state index in [0.29, 0.717) is 18.7 Å². The van der Waals surface area contributed by atoms with Crippen molar-refractivity contribution in [2.24, 2.45) is 5.41 Å². The van der Waals surface area contributed by atoms with Crippen molar-refractivity contribution in [1.29, 1.82) is 0 Å². The maximum absolute atomic E-state index is 13.5. The Morgan fingerprint density at radius 1 is 0.867 bits per heavy atom. The highest BCUT2D eigenvalue weighted by molar-refractivity contribution is 6.25. The third-order valence-electron chi connectivity index (χ3n) is 9.86. The van der Waals surface area contributed by atoms with Gasteiger partial charge in [-0.25, -0.2) is 0 Å². The zero-order valence-electron chi connectivity index (χ0n) is 24.8. The van der Waals surface area contributed by atoms with Gasteiger partial charge in [-0.05, 0) is 73.4 Å². The number of likely N-dealkylation sites (tertiary alicyclic amines) is 2. The molecular weight excluding hydrogens is 589 g/mol. The smallest absolute Gasteiger partial charge is 0.343 e. The Labute approximate surface area is 258 Å². The van der Waals surface area contributed by atoms with E-state index in [0.717, 1.165) is 61.3 Å². The van der Waals surface area contributed by atoms with Gasteiger partial charge in [-0.15, -0.1) is 0 Å². The Bertz CT molecular complexity index is 1520. The first kappa shape index (κ1) is 30.9. The van der Waals surface area contributed by atoms with Gasteiger partial charge in [-0.3, -0.25) is 39.1 Å². The summed E-state index contributed by atoms with van der Waals surface area (Å²) in [6.45, 7) is 3.55. The second-order valence-electron chi connectivity index (χ2n) is 12.6. The van der Waals surface area contributed by atoms with Crippen LogP contribution in [0.2, 0.25) is 0 Å². The summed E-state index contributed by atoms with van der Waals surface area (Å²) in [6, 6.07) is 11.9. The highest BCUT2D eigenvalue weighted by Gasteiger charge is 2.45. The molecule has 0 aromatic heterocycles. The van der Waals surface area contributed by atoms with Crippen molar-refractivity contribution in [3.05, 3.63) is 59.2 Å². The standard InChI is InChI=1S/C33H35F3N4O5/c34-33(35,36)11-10-27(42)39-18-14-32(15-19-39)12-16-38(17-13-32)20-21-4-6-22(7-5-21)23-2-1-3-24-28(23)31(45)40(30(24)44)25-8-9-26(41)37-29(25)43/h1-7,25H,8-20H2,(H,37,41,43). The molecule has 3 saturated heterocycles. The van der Waals surface area contributed by atoms with Crippen molar-refractivity contribution in [3.8, 4) is 11.1 Å². The molecule has 4 aliphatic rings. The molecule has 4 aliphatic heterocycles. The van der Waals surface area contributed by atoms with Crippen LogP contribution in [0.25, 0.3) is 11.1 Å². The summed E-state index contributed by atoms with van der Waals surface area (Å²) in [4.78, 5) is 67.9. The topological polar surface area (TPSA) is 107 Å². The van der Waals surface area contributed by atoms with Crippen molar-refractivity contribution >= 4 is 29.5 Å². The van der Waals surface area contributed by atoms with Gasteiger partial charge in [0.15, 0.2) is 0 Å². The number of carbonyl (C=O) groups is 5. The maximum atomic E-state index is 13.5. The number of hydrogen-bond acceptors (Lipinski definition) is 6. The number of alkyl halides is 3. The van der Waals surface area contributed by atoms with Crippen LogP contribution in [0, 0.1) is 5.41 Å². The van der Waals surface area contributed by atoms with Crippen LogP contribution in [0.15, 0.2) is 42.5 Å². The Kier molecular flexibility index (Phi) is 8.28. The lowest BCUT2D eigenvalue weighted by Crippen LogP contribution is -2.54. The monoisotopic (exact) mass is 624 g/mol. The van der Waals surface area contributed by atoms with Crippen molar-refractivity contribution < 1.29 is 37.1 Å². The van der Waals surface area contributed by atoms with E-state index in [1.54, 1.807) is 23.1 Å². The Balaban J connectivity index is 1.05. The first-order chi connectivity index (χ1) is 21.4. The molecule has 1 N–H and O–H groups in total. The molecule has 1 atom stereocenters. The van der Waals surface area contributed by atoms with Gasteiger partial charge < -0.3 is 4.90 Å². The molecule has 0 radical (unpaired) electrons. The second kappa shape index (κ2) is 12.0. The number of benzene rings is 2. The molecule has 6 rings (SSSR count). The van der Waals surface area contributed by atoms with E-state index in [4.69, 9.17) is 0 Å². The van der Waals surface area contributed by atoms with Gasteiger partial charge in [-0.2, -0.15) is 13.2 Å². The number of hydrogen-bond donors (Lipinski definition) is 1. The summed E-state index contributed by atoms with van der Waals surface area (Å²) < 4.78 is 37.5. The molecule has 3 fully saturated rings. The van der Waals surface area contributed by atoms with Crippen LogP contribution in [-0.4, -0.2) is 82.6 Å². The minimum atomic E-state index is -4.32. The number of amides is 5. The molecule has 12 heteroatoms. The lowest BCUT2D eigenvalue weighted by molar-refractivity contribution is -0.150. The van der Waals surface area contributed by atoms with E-state index in [2.05, 4.69) is 10.2 Å². The van der Waals surface area contributed by atoms with Gasteiger partial charge in [0.05, 0.1) is 17.5 Å². The molecule has 2 aromatic rings. The number of piperidine rings is 3. The van der Waals surface area contributed by atoms with Gasteiger partial charge >= 0.3 is 6.18 Å². The third kappa shape index (κ3) is 6.38. The minimum Gasteiger partial charge on any atom is -0.343 e. The molecule has 0 saturated carbocycles. The van der Waals surface area contributed by atoms with E-state index in [1.807, 2.05) is 24.3 Å². The van der Waals surface area contributed by atoms with Crippen LogP contribution in [0.5, 0.6) is 0 Å². The largest absolute Gasteiger partial charge is 0.389 e. The second-order valence-corrected chi connectivity index (χ2v) is 12.6. The minimum absolute atomic E-state index is 0.0596. The number of fused-ring (bicyclic) bond motifs is 1. The van der Waals surface area contributed by atoms with Crippen molar-refractivity contribution in [1.82, 2.24) is 20.0 Å². The summed E-state index contributed by atoms with van der Waals surface area (Å²) in [5, 5.41) is 2.22. The van der Waals surface area contributed by atoms with E-state index >= 15 is 0 Å². The quantitative estimate of drug-likeness (QED) is 0.481. The highest BCUT2D eigenvalue weighted by atomic mass is 19.4. The molecule has 0 aliphatic carbocycles. The summed E-state index contributed by atoms with van der Waals surface area (Å²) in [5.74, 6) is -2.55. The number of nitrogens with one attached hydrogen (secondary N) is 1. The molecular formula is C33H35F3N4O5. The summed E-state index contributed by atoms with van der Waals surface area (Å²) in [7, 11) is 0. The molecule has 1 spiro atoms. The first-order valence-corrected chi connectivity index (χ1v) is 15.4. The predicted molar refractivity (Wildman–Crippen MR) is 157 cm³/mol. The van der Waals surface area contributed by atoms with Crippen molar-refractivity contribution in [2.75, 3.05) is 26.2 Å². The fourth-order valence-electron chi connectivity index (χ4n) is 7.13. The first-order valence-electron chi connectivity index (χ1n) is 15.4. The highest BCUT2D eigenvalue weighted by Crippen LogP contribution is 2.42. The lowest BCUT2D eigenvalue weighted by Gasteiger charge is -2.47. The van der Waals surface area contributed by atoms with E-state index in [-0.39, 0.29) is 29.4 Å². The van der Waals surface area contributed by atoms with Crippen LogP contribution in [0.1, 0.15) is 77.6 Å². The van der Waals surface area contributed by atoms with Gasteiger partial charge in [0.1, 0.15) is 6.04 Å². The van der Waals surface area contributed by atoms with Crippen LogP contribution in [0.4, 0.5) is 13.2 Å².